The highest BCUT2D eigenvalue weighted by Gasteiger charge is 2.34. The Morgan fingerprint density at radius 1 is 1.03 bits per heavy atom. The number of nitrogens with one attached hydrogen (secondary N) is 1. The third-order valence-corrected chi connectivity index (χ3v) is 6.55. The molecule has 0 saturated carbocycles. The molecule has 1 atom stereocenters. The van der Waals surface area contributed by atoms with Crippen LogP contribution in [0.2, 0.25) is 0 Å². The van der Waals surface area contributed by atoms with Crippen LogP contribution in [0.15, 0.2) is 54.6 Å². The molecule has 0 spiro atoms. The van der Waals surface area contributed by atoms with Crippen molar-refractivity contribution in [3.8, 4) is 17.2 Å². The number of hydrogen-bond donors (Lipinski definition) is 1. The average Bonchev–Trinajstić information content (AvgIpc) is 3.06. The second-order valence-corrected chi connectivity index (χ2v) is 8.82. The van der Waals surface area contributed by atoms with Crippen LogP contribution in [0.1, 0.15) is 27.8 Å². The summed E-state index contributed by atoms with van der Waals surface area (Å²) in [5.74, 6) is -1.45. The standard InChI is InChI=1S/C24H19F2N5OS/c1-13-11-14(2)28-24(27-13)31-23-19(21(30-31)15-7-4-3-5-8-15)22(33-12-18(32)29-23)16-9-6-10-17(25)20(16)26/h3-11,22H,12H2,1-2H3,(H,29,32)/t22-/m0/s1. The molecule has 33 heavy (non-hydrogen) atoms. The Labute approximate surface area is 193 Å². The number of thioether (sulfide) groups is 1. The number of nitrogens with zero attached hydrogens (tertiary/aromatic N) is 4. The second kappa shape index (κ2) is 8.40. The minimum absolute atomic E-state index is 0.0667. The molecule has 0 aliphatic carbocycles. The quantitative estimate of drug-likeness (QED) is 0.463. The smallest absolute Gasteiger partial charge is 0.252 e. The van der Waals surface area contributed by atoms with Gasteiger partial charge >= 0.3 is 0 Å². The molecule has 2 aromatic carbocycles. The molecule has 1 N–H and O–H groups in total. The van der Waals surface area contributed by atoms with Gasteiger partial charge in [0.25, 0.3) is 5.95 Å². The Balaban J connectivity index is 1.83. The van der Waals surface area contributed by atoms with Crippen molar-refractivity contribution in [3.05, 3.63) is 88.7 Å². The summed E-state index contributed by atoms with van der Waals surface area (Å²) in [7, 11) is 0. The summed E-state index contributed by atoms with van der Waals surface area (Å²) >= 11 is 1.22. The van der Waals surface area contributed by atoms with Gasteiger partial charge in [0.15, 0.2) is 11.6 Å². The third-order valence-electron chi connectivity index (χ3n) is 5.29. The molecule has 5 rings (SSSR count). The van der Waals surface area contributed by atoms with E-state index in [1.54, 1.807) is 0 Å². The molecule has 2 aromatic heterocycles. The van der Waals surface area contributed by atoms with Gasteiger partial charge in [0, 0.05) is 28.1 Å². The topological polar surface area (TPSA) is 72.7 Å². The lowest BCUT2D eigenvalue weighted by atomic mass is 9.99. The number of anilines is 1. The predicted octanol–water partition coefficient (Wildman–Crippen LogP) is 5.00. The first-order chi connectivity index (χ1) is 15.9. The number of aryl methyl sites for hydroxylation is 2. The van der Waals surface area contributed by atoms with Gasteiger partial charge in [0.2, 0.25) is 5.91 Å². The fourth-order valence-electron chi connectivity index (χ4n) is 3.93. The first kappa shape index (κ1) is 21.3. The summed E-state index contributed by atoms with van der Waals surface area (Å²) in [6.45, 7) is 3.69. The van der Waals surface area contributed by atoms with E-state index in [-0.39, 0.29) is 23.2 Å². The van der Waals surface area contributed by atoms with E-state index in [2.05, 4.69) is 15.3 Å². The molecule has 0 radical (unpaired) electrons. The molecule has 0 bridgehead atoms. The molecule has 9 heteroatoms. The van der Waals surface area contributed by atoms with Crippen molar-refractivity contribution < 1.29 is 13.6 Å². The minimum atomic E-state index is -0.940. The molecule has 3 heterocycles. The van der Waals surface area contributed by atoms with Crippen LogP contribution in [0.4, 0.5) is 14.6 Å². The first-order valence-corrected chi connectivity index (χ1v) is 11.3. The number of halogens is 2. The molecular weight excluding hydrogens is 444 g/mol. The zero-order valence-corrected chi connectivity index (χ0v) is 18.7. The van der Waals surface area contributed by atoms with Gasteiger partial charge in [-0.05, 0) is 26.0 Å². The van der Waals surface area contributed by atoms with E-state index in [0.29, 0.717) is 17.1 Å². The van der Waals surface area contributed by atoms with Gasteiger partial charge in [-0.15, -0.1) is 11.8 Å². The maximum absolute atomic E-state index is 14.9. The van der Waals surface area contributed by atoms with Crippen molar-refractivity contribution in [2.45, 2.75) is 19.1 Å². The SMILES string of the molecule is Cc1cc(C)nc(-n2nc(-c3ccccc3)c3c2NC(=O)CS[C@H]3c2cccc(F)c2F)n1. The van der Waals surface area contributed by atoms with Crippen molar-refractivity contribution in [2.75, 3.05) is 11.1 Å². The Bertz CT molecular complexity index is 1350. The van der Waals surface area contributed by atoms with E-state index < -0.39 is 16.9 Å². The van der Waals surface area contributed by atoms with E-state index in [1.165, 1.54) is 28.6 Å². The van der Waals surface area contributed by atoms with Crippen molar-refractivity contribution >= 4 is 23.5 Å². The van der Waals surface area contributed by atoms with Crippen molar-refractivity contribution in [3.63, 3.8) is 0 Å². The van der Waals surface area contributed by atoms with Crippen LogP contribution in [0.25, 0.3) is 17.2 Å². The van der Waals surface area contributed by atoms with Crippen LogP contribution in [-0.4, -0.2) is 31.4 Å². The second-order valence-electron chi connectivity index (χ2n) is 7.72. The van der Waals surface area contributed by atoms with E-state index >= 15 is 0 Å². The van der Waals surface area contributed by atoms with Crippen molar-refractivity contribution in [1.29, 1.82) is 0 Å². The monoisotopic (exact) mass is 463 g/mol. The highest BCUT2D eigenvalue weighted by Crippen LogP contribution is 2.47. The number of hydrogen-bond acceptors (Lipinski definition) is 5. The average molecular weight is 464 g/mol. The summed E-state index contributed by atoms with van der Waals surface area (Å²) in [6.07, 6.45) is 0. The van der Waals surface area contributed by atoms with E-state index in [1.807, 2.05) is 50.2 Å². The number of fused-ring (bicyclic) bond motifs is 1. The number of carbonyl (C=O) groups is 1. The van der Waals surface area contributed by atoms with E-state index in [4.69, 9.17) is 5.10 Å². The number of rotatable bonds is 3. The normalized spacial score (nSPS) is 15.6. The van der Waals surface area contributed by atoms with Gasteiger partial charge in [0.1, 0.15) is 5.82 Å². The largest absolute Gasteiger partial charge is 0.309 e. The van der Waals surface area contributed by atoms with Crippen molar-refractivity contribution in [1.82, 2.24) is 19.7 Å². The van der Waals surface area contributed by atoms with Gasteiger partial charge in [-0.3, -0.25) is 4.79 Å². The molecule has 1 amide bonds. The molecule has 1 aliphatic heterocycles. The van der Waals surface area contributed by atoms with E-state index in [0.717, 1.165) is 23.0 Å². The molecule has 6 nitrogen and oxygen atoms in total. The Kier molecular flexibility index (Phi) is 5.41. The number of amides is 1. The van der Waals surface area contributed by atoms with Gasteiger partial charge in [0.05, 0.1) is 16.7 Å². The molecule has 0 unspecified atom stereocenters. The maximum Gasteiger partial charge on any atom is 0.252 e. The number of carbonyl (C=O) groups excluding carboxylic acids is 1. The molecular formula is C24H19F2N5OS. The summed E-state index contributed by atoms with van der Waals surface area (Å²) in [6, 6.07) is 15.3. The lowest BCUT2D eigenvalue weighted by Gasteiger charge is -2.17. The summed E-state index contributed by atoms with van der Waals surface area (Å²) < 4.78 is 30.6. The van der Waals surface area contributed by atoms with Crippen LogP contribution in [0.5, 0.6) is 0 Å². The molecule has 1 aliphatic rings. The van der Waals surface area contributed by atoms with Gasteiger partial charge < -0.3 is 5.32 Å². The zero-order valence-electron chi connectivity index (χ0n) is 17.8. The highest BCUT2D eigenvalue weighted by atomic mass is 32.2. The van der Waals surface area contributed by atoms with Gasteiger partial charge in [-0.25, -0.2) is 18.7 Å². The maximum atomic E-state index is 14.9. The van der Waals surface area contributed by atoms with E-state index in [9.17, 15) is 13.6 Å². The lowest BCUT2D eigenvalue weighted by Crippen LogP contribution is -2.17. The Morgan fingerprint density at radius 2 is 1.76 bits per heavy atom. The molecule has 4 aromatic rings. The van der Waals surface area contributed by atoms with Crippen LogP contribution in [0.3, 0.4) is 0 Å². The Hall–Kier alpha value is -3.59. The lowest BCUT2D eigenvalue weighted by molar-refractivity contribution is -0.113. The van der Waals surface area contributed by atoms with Crippen molar-refractivity contribution in [2.24, 2.45) is 0 Å². The van der Waals surface area contributed by atoms with Crippen LogP contribution >= 0.6 is 11.8 Å². The first-order valence-electron chi connectivity index (χ1n) is 10.3. The number of aromatic nitrogens is 4. The molecule has 0 saturated heterocycles. The van der Waals surface area contributed by atoms with Gasteiger partial charge in [-0.2, -0.15) is 9.78 Å². The number of benzene rings is 2. The van der Waals surface area contributed by atoms with Crippen LogP contribution in [-0.2, 0) is 4.79 Å². The summed E-state index contributed by atoms with van der Waals surface area (Å²) in [5.41, 5.74) is 3.52. The molecule has 0 fully saturated rings. The van der Waals surface area contributed by atoms with Gasteiger partial charge in [-0.1, -0.05) is 42.5 Å². The van der Waals surface area contributed by atoms with Crippen LogP contribution < -0.4 is 5.32 Å². The minimum Gasteiger partial charge on any atom is -0.309 e. The fraction of sp³-hybridized carbons (Fsp3) is 0.167. The summed E-state index contributed by atoms with van der Waals surface area (Å²) in [5, 5.41) is 6.99. The fourth-order valence-corrected chi connectivity index (χ4v) is 5.08. The Morgan fingerprint density at radius 3 is 2.48 bits per heavy atom. The molecule has 166 valence electrons. The van der Waals surface area contributed by atoms with Crippen LogP contribution in [0, 0.1) is 25.5 Å². The zero-order chi connectivity index (χ0) is 23.1. The predicted molar refractivity (Wildman–Crippen MR) is 123 cm³/mol. The summed E-state index contributed by atoms with van der Waals surface area (Å²) in [4.78, 5) is 21.7. The third kappa shape index (κ3) is 3.89. The highest BCUT2D eigenvalue weighted by molar-refractivity contribution is 8.00.